The van der Waals surface area contributed by atoms with E-state index in [1.807, 2.05) is 18.2 Å². The van der Waals surface area contributed by atoms with E-state index in [-0.39, 0.29) is 23.2 Å². The number of benzene rings is 2. The number of hydrogen-bond donors (Lipinski definition) is 1. The van der Waals surface area contributed by atoms with Crippen molar-refractivity contribution in [1.82, 2.24) is 0 Å². The summed E-state index contributed by atoms with van der Waals surface area (Å²) in [4.78, 5) is 12.0. The number of esters is 1. The Morgan fingerprint density at radius 2 is 2.08 bits per heavy atom. The molecule has 3 rings (SSSR count). The quantitative estimate of drug-likeness (QED) is 0.684. The summed E-state index contributed by atoms with van der Waals surface area (Å²) in [5, 5.41) is 3.52. The van der Waals surface area contributed by atoms with Crippen molar-refractivity contribution in [1.29, 1.82) is 0 Å². The van der Waals surface area contributed by atoms with Crippen molar-refractivity contribution in [2.24, 2.45) is 5.41 Å². The number of fused-ring (bicyclic) bond motifs is 1. The first-order chi connectivity index (χ1) is 11.8. The van der Waals surface area contributed by atoms with Gasteiger partial charge in [-0.25, -0.2) is 9.18 Å². The minimum absolute atomic E-state index is 0.0274. The highest BCUT2D eigenvalue weighted by Crippen LogP contribution is 2.45. The highest BCUT2D eigenvalue weighted by molar-refractivity contribution is 9.10. The highest BCUT2D eigenvalue weighted by Gasteiger charge is 2.36. The molecule has 0 spiro atoms. The number of nitrogens with one attached hydrogen (secondary N) is 1. The summed E-state index contributed by atoms with van der Waals surface area (Å²) in [6.45, 7) is 6.44. The maximum Gasteiger partial charge on any atom is 0.338 e. The molecular formula is C20H21BrFNO2. The molecule has 0 amide bonds. The minimum Gasteiger partial charge on any atom is -0.462 e. The maximum atomic E-state index is 13.8. The predicted octanol–water partition coefficient (Wildman–Crippen LogP) is 5.50. The van der Waals surface area contributed by atoms with E-state index in [0.29, 0.717) is 12.2 Å². The minimum atomic E-state index is -0.306. The van der Waals surface area contributed by atoms with Crippen molar-refractivity contribution in [3.63, 3.8) is 0 Å². The van der Waals surface area contributed by atoms with Crippen LogP contribution in [0.1, 0.15) is 48.3 Å². The van der Waals surface area contributed by atoms with Crippen LogP contribution in [0, 0.1) is 11.2 Å². The fraction of sp³-hybridized carbons (Fsp3) is 0.350. The van der Waals surface area contributed by atoms with Gasteiger partial charge in [-0.15, -0.1) is 0 Å². The molecule has 25 heavy (non-hydrogen) atoms. The second-order valence-electron chi connectivity index (χ2n) is 7.04. The first-order valence-electron chi connectivity index (χ1n) is 8.33. The Balaban J connectivity index is 1.96. The molecule has 0 saturated heterocycles. The van der Waals surface area contributed by atoms with E-state index >= 15 is 0 Å². The van der Waals surface area contributed by atoms with Gasteiger partial charge in [0.25, 0.3) is 0 Å². The number of anilines is 1. The Bertz CT molecular complexity index is 799. The van der Waals surface area contributed by atoms with Crippen LogP contribution in [0.25, 0.3) is 0 Å². The summed E-state index contributed by atoms with van der Waals surface area (Å²) >= 11 is 3.37. The first-order valence-corrected chi connectivity index (χ1v) is 9.12. The van der Waals surface area contributed by atoms with Crippen LogP contribution < -0.4 is 5.32 Å². The molecule has 1 atom stereocenters. The number of carbonyl (C=O) groups is 1. The SMILES string of the molecule is CCOC(=O)c1ccc2c(c1)CC(C)(C)C(c1cc(F)cc(Br)c1)N2. The van der Waals surface area contributed by atoms with Crippen LogP contribution >= 0.6 is 15.9 Å². The topological polar surface area (TPSA) is 38.3 Å². The van der Waals surface area contributed by atoms with E-state index in [2.05, 4.69) is 35.1 Å². The largest absolute Gasteiger partial charge is 0.462 e. The second-order valence-corrected chi connectivity index (χ2v) is 7.95. The lowest BCUT2D eigenvalue weighted by molar-refractivity contribution is 0.0526. The third-order valence-corrected chi connectivity index (χ3v) is 5.02. The molecule has 0 radical (unpaired) electrons. The molecule has 0 saturated carbocycles. The summed E-state index contributed by atoms with van der Waals surface area (Å²) in [6.07, 6.45) is 0.779. The molecule has 1 aliphatic rings. The smallest absolute Gasteiger partial charge is 0.338 e. The molecule has 5 heteroatoms. The summed E-state index contributed by atoms with van der Waals surface area (Å²) < 4.78 is 19.6. The maximum absolute atomic E-state index is 13.8. The van der Waals surface area contributed by atoms with Gasteiger partial charge in [0, 0.05) is 10.2 Å². The van der Waals surface area contributed by atoms with Crippen molar-refractivity contribution in [3.8, 4) is 0 Å². The van der Waals surface area contributed by atoms with Gasteiger partial charge in [0.1, 0.15) is 5.82 Å². The lowest BCUT2D eigenvalue weighted by Crippen LogP contribution is -2.35. The third kappa shape index (κ3) is 3.71. The highest BCUT2D eigenvalue weighted by atomic mass is 79.9. The van der Waals surface area contributed by atoms with Gasteiger partial charge in [-0.3, -0.25) is 0 Å². The molecule has 2 aromatic carbocycles. The molecule has 1 unspecified atom stereocenters. The van der Waals surface area contributed by atoms with E-state index < -0.39 is 0 Å². The van der Waals surface area contributed by atoms with Gasteiger partial charge in [0.05, 0.1) is 18.2 Å². The van der Waals surface area contributed by atoms with Crippen molar-refractivity contribution in [3.05, 3.63) is 63.4 Å². The number of rotatable bonds is 3. The lowest BCUT2D eigenvalue weighted by atomic mass is 9.73. The summed E-state index contributed by atoms with van der Waals surface area (Å²) in [5.74, 6) is -0.565. The van der Waals surface area contributed by atoms with Gasteiger partial charge >= 0.3 is 5.97 Å². The van der Waals surface area contributed by atoms with Crippen molar-refractivity contribution < 1.29 is 13.9 Å². The Kier molecular flexibility index (Phi) is 4.87. The van der Waals surface area contributed by atoms with Crippen molar-refractivity contribution in [2.45, 2.75) is 33.2 Å². The van der Waals surface area contributed by atoms with Crippen LogP contribution in [0.3, 0.4) is 0 Å². The molecule has 0 bridgehead atoms. The average Bonchev–Trinajstić information content (AvgIpc) is 2.52. The summed E-state index contributed by atoms with van der Waals surface area (Å²) in [6, 6.07) is 10.5. The Labute approximate surface area is 155 Å². The molecule has 1 heterocycles. The molecule has 0 fully saturated rings. The zero-order valence-electron chi connectivity index (χ0n) is 14.5. The molecule has 0 aliphatic carbocycles. The predicted molar refractivity (Wildman–Crippen MR) is 100 cm³/mol. The lowest BCUT2D eigenvalue weighted by Gasteiger charge is -2.41. The standard InChI is InChI=1S/C20H21BrFNO2/c1-4-25-19(24)12-5-6-17-14(7-12)11-20(2,3)18(23-17)13-8-15(21)10-16(22)9-13/h5-10,18,23H,4,11H2,1-3H3. The Hall–Kier alpha value is -1.88. The van der Waals surface area contributed by atoms with Crippen LogP contribution in [0.2, 0.25) is 0 Å². The van der Waals surface area contributed by atoms with E-state index in [1.165, 1.54) is 6.07 Å². The van der Waals surface area contributed by atoms with Crippen LogP contribution in [0.5, 0.6) is 0 Å². The van der Waals surface area contributed by atoms with Crippen LogP contribution in [0.15, 0.2) is 40.9 Å². The average molecular weight is 406 g/mol. The molecular weight excluding hydrogens is 385 g/mol. The Morgan fingerprint density at radius 1 is 1.32 bits per heavy atom. The number of hydrogen-bond acceptors (Lipinski definition) is 3. The zero-order valence-corrected chi connectivity index (χ0v) is 16.1. The molecule has 1 N–H and O–H groups in total. The number of ether oxygens (including phenoxy) is 1. The van der Waals surface area contributed by atoms with E-state index in [1.54, 1.807) is 19.1 Å². The van der Waals surface area contributed by atoms with E-state index in [4.69, 9.17) is 4.74 Å². The van der Waals surface area contributed by atoms with E-state index in [0.717, 1.165) is 27.7 Å². The Morgan fingerprint density at radius 3 is 2.76 bits per heavy atom. The molecule has 2 aromatic rings. The second kappa shape index (κ2) is 6.79. The molecule has 132 valence electrons. The zero-order chi connectivity index (χ0) is 18.2. The van der Waals surface area contributed by atoms with Crippen LogP contribution in [-0.2, 0) is 11.2 Å². The normalized spacial score (nSPS) is 18.2. The van der Waals surface area contributed by atoms with Gasteiger partial charge in [-0.05, 0) is 66.3 Å². The van der Waals surface area contributed by atoms with Gasteiger partial charge < -0.3 is 10.1 Å². The first kappa shape index (κ1) is 17.9. The van der Waals surface area contributed by atoms with Gasteiger partial charge in [-0.2, -0.15) is 0 Å². The third-order valence-electron chi connectivity index (χ3n) is 4.56. The fourth-order valence-corrected chi connectivity index (χ4v) is 3.93. The van der Waals surface area contributed by atoms with E-state index in [9.17, 15) is 9.18 Å². The van der Waals surface area contributed by atoms with Gasteiger partial charge in [0.15, 0.2) is 0 Å². The summed E-state index contributed by atoms with van der Waals surface area (Å²) in [7, 11) is 0. The summed E-state index contributed by atoms with van der Waals surface area (Å²) in [5.41, 5.74) is 3.36. The van der Waals surface area contributed by atoms with Gasteiger partial charge in [0.2, 0.25) is 0 Å². The van der Waals surface area contributed by atoms with Crippen LogP contribution in [-0.4, -0.2) is 12.6 Å². The van der Waals surface area contributed by atoms with Crippen molar-refractivity contribution in [2.75, 3.05) is 11.9 Å². The number of halogens is 2. The molecule has 3 nitrogen and oxygen atoms in total. The van der Waals surface area contributed by atoms with Crippen molar-refractivity contribution >= 4 is 27.6 Å². The molecule has 0 aromatic heterocycles. The van der Waals surface area contributed by atoms with Crippen LogP contribution in [0.4, 0.5) is 10.1 Å². The monoisotopic (exact) mass is 405 g/mol. The fourth-order valence-electron chi connectivity index (χ4n) is 3.44. The molecule has 1 aliphatic heterocycles. The van der Waals surface area contributed by atoms with Gasteiger partial charge in [-0.1, -0.05) is 29.8 Å². The number of carbonyl (C=O) groups excluding carboxylic acids is 1.